The van der Waals surface area contributed by atoms with Gasteiger partial charge in [0.05, 0.1) is 17.0 Å². The van der Waals surface area contributed by atoms with Crippen LogP contribution in [-0.2, 0) is 17.3 Å². The zero-order valence-electron chi connectivity index (χ0n) is 18.0. The lowest BCUT2D eigenvalue weighted by Crippen LogP contribution is -2.39. The molecular formula is C24H29N3O3S. The molecule has 0 spiro atoms. The highest BCUT2D eigenvalue weighted by atomic mass is 32.2. The maximum Gasteiger partial charge on any atom is 0.287 e. The lowest BCUT2D eigenvalue weighted by Gasteiger charge is -2.32. The quantitative estimate of drug-likeness (QED) is 0.603. The van der Waals surface area contributed by atoms with Crippen molar-refractivity contribution in [3.63, 3.8) is 0 Å². The highest BCUT2D eigenvalue weighted by molar-refractivity contribution is 7.85. The van der Waals surface area contributed by atoms with Crippen LogP contribution in [0.2, 0.25) is 0 Å². The molecule has 6 nitrogen and oxygen atoms in total. The second-order valence-electron chi connectivity index (χ2n) is 8.54. The van der Waals surface area contributed by atoms with E-state index in [-0.39, 0.29) is 16.9 Å². The van der Waals surface area contributed by atoms with Crippen LogP contribution in [0.25, 0.3) is 11.0 Å². The van der Waals surface area contributed by atoms with Crippen molar-refractivity contribution in [2.45, 2.75) is 43.4 Å². The highest BCUT2D eigenvalue weighted by Gasteiger charge is 2.25. The number of rotatable bonds is 7. The number of pyridine rings is 1. The van der Waals surface area contributed by atoms with Crippen molar-refractivity contribution in [2.24, 2.45) is 5.92 Å². The Hall–Kier alpha value is -2.51. The molecule has 3 aromatic rings. The number of nitrogens with one attached hydrogen (secondary N) is 1. The first-order valence-electron chi connectivity index (χ1n) is 10.8. The number of piperidine rings is 1. The van der Waals surface area contributed by atoms with Gasteiger partial charge in [0, 0.05) is 34.8 Å². The average molecular weight is 440 g/mol. The minimum atomic E-state index is -0.992. The zero-order chi connectivity index (χ0) is 21.8. The number of hydrogen-bond donors (Lipinski definition) is 1. The molecule has 2 aromatic heterocycles. The summed E-state index contributed by atoms with van der Waals surface area (Å²) in [4.78, 5) is 19.7. The topological polar surface area (TPSA) is 75.4 Å². The number of carbonyl (C=O) groups excluding carboxylic acids is 1. The van der Waals surface area contributed by atoms with E-state index in [1.54, 1.807) is 18.5 Å². The minimum Gasteiger partial charge on any atom is -0.449 e. The van der Waals surface area contributed by atoms with E-state index in [4.69, 9.17) is 4.42 Å². The van der Waals surface area contributed by atoms with Gasteiger partial charge in [-0.1, -0.05) is 26.0 Å². The fourth-order valence-electron chi connectivity index (χ4n) is 4.02. The largest absolute Gasteiger partial charge is 0.449 e. The number of aromatic nitrogens is 1. The van der Waals surface area contributed by atoms with Gasteiger partial charge in [-0.05, 0) is 61.7 Å². The Labute approximate surface area is 185 Å². The molecule has 4 rings (SSSR count). The van der Waals surface area contributed by atoms with Gasteiger partial charge in [0.15, 0.2) is 11.3 Å². The zero-order valence-corrected chi connectivity index (χ0v) is 18.9. The molecule has 1 amide bonds. The number of fused-ring (bicyclic) bond motifs is 1. The van der Waals surface area contributed by atoms with Crippen LogP contribution in [0.1, 0.15) is 42.8 Å². The van der Waals surface area contributed by atoms with Crippen molar-refractivity contribution in [3.8, 4) is 0 Å². The van der Waals surface area contributed by atoms with Crippen LogP contribution in [0.3, 0.4) is 0 Å². The predicted octanol–water partition coefficient (Wildman–Crippen LogP) is 3.99. The Balaban J connectivity index is 1.30. The molecule has 7 heteroatoms. The summed E-state index contributed by atoms with van der Waals surface area (Å²) in [6.45, 7) is 8.03. The number of amides is 1. The highest BCUT2D eigenvalue weighted by Crippen LogP contribution is 2.22. The van der Waals surface area contributed by atoms with E-state index in [0.717, 1.165) is 48.3 Å². The van der Waals surface area contributed by atoms with Gasteiger partial charge in [-0.15, -0.1) is 0 Å². The van der Waals surface area contributed by atoms with Crippen molar-refractivity contribution >= 4 is 27.7 Å². The molecule has 1 N–H and O–H groups in total. The summed E-state index contributed by atoms with van der Waals surface area (Å²) in [6.07, 6.45) is 5.22. The third kappa shape index (κ3) is 5.40. The van der Waals surface area contributed by atoms with Gasteiger partial charge in [-0.2, -0.15) is 0 Å². The molecule has 1 aliphatic rings. The number of carbonyl (C=O) groups is 1. The van der Waals surface area contributed by atoms with Gasteiger partial charge in [0.1, 0.15) is 0 Å². The second kappa shape index (κ2) is 9.75. The summed E-state index contributed by atoms with van der Waals surface area (Å²) in [6, 6.07) is 11.2. The van der Waals surface area contributed by atoms with Crippen LogP contribution in [-0.4, -0.2) is 44.9 Å². The summed E-state index contributed by atoms with van der Waals surface area (Å²) in [5.74, 6) is 0.667. The molecular weight excluding hydrogens is 410 g/mol. The third-order valence-electron chi connectivity index (χ3n) is 5.62. The second-order valence-corrected chi connectivity index (χ2v) is 10.3. The fourth-order valence-corrected chi connectivity index (χ4v) is 5.45. The monoisotopic (exact) mass is 439 g/mol. The van der Waals surface area contributed by atoms with Gasteiger partial charge in [0.25, 0.3) is 5.91 Å². The van der Waals surface area contributed by atoms with Crippen molar-refractivity contribution in [1.82, 2.24) is 15.2 Å². The fraction of sp³-hybridized carbons (Fsp3) is 0.417. The van der Waals surface area contributed by atoms with Gasteiger partial charge in [-0.25, -0.2) is 0 Å². The molecule has 1 aromatic carbocycles. The van der Waals surface area contributed by atoms with Crippen LogP contribution >= 0.6 is 0 Å². The summed E-state index contributed by atoms with van der Waals surface area (Å²) in [7, 11) is -0.992. The summed E-state index contributed by atoms with van der Waals surface area (Å²) >= 11 is 0. The number of nitrogens with zero attached hydrogens (tertiary/aromatic N) is 2. The molecule has 3 heterocycles. The molecule has 1 atom stereocenters. The molecule has 164 valence electrons. The van der Waals surface area contributed by atoms with Gasteiger partial charge >= 0.3 is 0 Å². The number of benzene rings is 1. The molecule has 0 radical (unpaired) electrons. The predicted molar refractivity (Wildman–Crippen MR) is 122 cm³/mol. The first-order valence-corrected chi connectivity index (χ1v) is 12.0. The summed E-state index contributed by atoms with van der Waals surface area (Å²) in [5, 5.41) is 3.94. The Bertz CT molecular complexity index is 1020. The van der Waals surface area contributed by atoms with Crippen molar-refractivity contribution in [2.75, 3.05) is 19.6 Å². The van der Waals surface area contributed by atoms with Crippen LogP contribution in [0.4, 0.5) is 0 Å². The Morgan fingerprint density at radius 1 is 1.23 bits per heavy atom. The van der Waals surface area contributed by atoms with Gasteiger partial charge in [0.2, 0.25) is 0 Å². The molecule has 1 saturated heterocycles. The van der Waals surface area contributed by atoms with E-state index in [9.17, 15) is 9.00 Å². The smallest absolute Gasteiger partial charge is 0.287 e. The Kier molecular flexibility index (Phi) is 6.83. The maximum absolute atomic E-state index is 13.0. The number of furan rings is 1. The van der Waals surface area contributed by atoms with Crippen molar-refractivity contribution in [3.05, 3.63) is 60.1 Å². The number of hydrogen-bond acceptors (Lipinski definition) is 5. The van der Waals surface area contributed by atoms with E-state index in [1.807, 2.05) is 30.3 Å². The SMILES string of the molecule is CC(C)CN1CCC([S@](=O)c2ccc(CNC(=O)c3cc4ccncc4o3)cc2)CC1. The average Bonchev–Trinajstić information content (AvgIpc) is 3.22. The van der Waals surface area contributed by atoms with E-state index >= 15 is 0 Å². The first-order chi connectivity index (χ1) is 15.0. The van der Waals surface area contributed by atoms with Gasteiger partial charge < -0.3 is 14.6 Å². The van der Waals surface area contributed by atoms with Crippen molar-refractivity contribution < 1.29 is 13.4 Å². The molecule has 0 unspecified atom stereocenters. The molecule has 1 fully saturated rings. The third-order valence-corrected chi connectivity index (χ3v) is 7.43. The van der Waals surface area contributed by atoms with E-state index in [1.165, 1.54) is 0 Å². The Morgan fingerprint density at radius 3 is 2.65 bits per heavy atom. The van der Waals surface area contributed by atoms with Crippen LogP contribution in [0.15, 0.2) is 58.1 Å². The van der Waals surface area contributed by atoms with Gasteiger partial charge in [-0.3, -0.25) is 14.0 Å². The minimum absolute atomic E-state index is 0.219. The maximum atomic E-state index is 13.0. The molecule has 31 heavy (non-hydrogen) atoms. The molecule has 0 bridgehead atoms. The van der Waals surface area contributed by atoms with Crippen LogP contribution < -0.4 is 5.32 Å². The van der Waals surface area contributed by atoms with E-state index < -0.39 is 10.8 Å². The standard InChI is InChI=1S/C24H29N3O3S/c1-17(2)16-27-11-8-21(9-12-27)31(29)20-5-3-18(4-6-20)14-26-24(28)22-13-19-7-10-25-15-23(19)30-22/h3-7,10,13,15,17,21H,8-9,11-12,14,16H2,1-2H3,(H,26,28)/t31-/m1/s1. The lowest BCUT2D eigenvalue weighted by atomic mass is 10.1. The molecule has 0 aliphatic carbocycles. The van der Waals surface area contributed by atoms with E-state index in [0.29, 0.717) is 18.0 Å². The van der Waals surface area contributed by atoms with Crippen molar-refractivity contribution in [1.29, 1.82) is 0 Å². The van der Waals surface area contributed by atoms with Crippen LogP contribution in [0, 0.1) is 5.92 Å². The summed E-state index contributed by atoms with van der Waals surface area (Å²) < 4.78 is 18.5. The van der Waals surface area contributed by atoms with E-state index in [2.05, 4.69) is 29.0 Å². The summed E-state index contributed by atoms with van der Waals surface area (Å²) in [5.41, 5.74) is 1.55. The first kappa shape index (κ1) is 21.7. The Morgan fingerprint density at radius 2 is 1.97 bits per heavy atom. The normalized spacial score (nSPS) is 16.6. The molecule has 0 saturated carbocycles. The van der Waals surface area contributed by atoms with Crippen LogP contribution in [0.5, 0.6) is 0 Å². The molecule has 1 aliphatic heterocycles. The lowest BCUT2D eigenvalue weighted by molar-refractivity contribution is 0.0925. The number of likely N-dealkylation sites (tertiary alicyclic amines) is 1.